The highest BCUT2D eigenvalue weighted by atomic mass is 35.5. The van der Waals surface area contributed by atoms with E-state index in [0.717, 1.165) is 0 Å². The number of benzene rings is 1. The van der Waals surface area contributed by atoms with Crippen LogP contribution in [0.5, 0.6) is 5.75 Å². The van der Waals surface area contributed by atoms with Crippen molar-refractivity contribution in [2.45, 2.75) is 58.0 Å². The first-order valence-electron chi connectivity index (χ1n) is 12.1. The quantitative estimate of drug-likeness (QED) is 0.347. The number of carbonyl (C=O) groups is 1. The van der Waals surface area contributed by atoms with Gasteiger partial charge in [-0.3, -0.25) is 4.68 Å². The number of hydrogen-bond donors (Lipinski definition) is 1. The zero-order valence-electron chi connectivity index (χ0n) is 21.4. The maximum absolute atomic E-state index is 15.1. The Morgan fingerprint density at radius 3 is 2.66 bits per heavy atom. The first-order valence-corrected chi connectivity index (χ1v) is 12.8. The van der Waals surface area contributed by atoms with E-state index in [9.17, 15) is 9.18 Å². The molecular formula is C26H29Cl2F2N5O3. The van der Waals surface area contributed by atoms with Gasteiger partial charge < -0.3 is 20.1 Å². The standard InChI is InChI=1S/C26H29Cl2F2N5O3/c1-14(22-17(27)5-6-18(29)23(22)28)37-21-9-15(10-32-24(21)31)16-11-33-35(12-16)20-7-8-34(13-19(20)30)25(36)38-26(2,3)4/h5-6,9-12,14,19-20H,7-8,13H2,1-4H3,(H2,31,32). The molecule has 3 atom stereocenters. The second-order valence-electron chi connectivity index (χ2n) is 10.1. The van der Waals surface area contributed by atoms with Crippen molar-refractivity contribution < 1.29 is 23.0 Å². The van der Waals surface area contributed by atoms with Gasteiger partial charge >= 0.3 is 6.09 Å². The summed E-state index contributed by atoms with van der Waals surface area (Å²) in [6.07, 6.45) is 2.64. The van der Waals surface area contributed by atoms with Crippen LogP contribution >= 0.6 is 23.2 Å². The molecule has 1 amide bonds. The predicted molar refractivity (Wildman–Crippen MR) is 142 cm³/mol. The lowest BCUT2D eigenvalue weighted by Crippen LogP contribution is -2.47. The summed E-state index contributed by atoms with van der Waals surface area (Å²) < 4.78 is 42.0. The molecule has 0 saturated carbocycles. The minimum atomic E-state index is -1.32. The van der Waals surface area contributed by atoms with Crippen LogP contribution in [-0.2, 0) is 4.74 Å². The van der Waals surface area contributed by atoms with Gasteiger partial charge in [0.05, 0.1) is 23.8 Å². The predicted octanol–water partition coefficient (Wildman–Crippen LogP) is 6.63. The molecule has 3 unspecified atom stereocenters. The van der Waals surface area contributed by atoms with E-state index in [0.29, 0.717) is 24.1 Å². The minimum Gasteiger partial charge on any atom is -0.482 e. The van der Waals surface area contributed by atoms with Gasteiger partial charge in [0.2, 0.25) is 0 Å². The van der Waals surface area contributed by atoms with Crippen LogP contribution in [-0.4, -0.2) is 50.6 Å². The van der Waals surface area contributed by atoms with Crippen molar-refractivity contribution in [3.05, 3.63) is 58.2 Å². The lowest BCUT2D eigenvalue weighted by Gasteiger charge is -2.35. The number of nitrogen functional groups attached to an aromatic ring is 1. The third kappa shape index (κ3) is 6.13. The first-order chi connectivity index (χ1) is 17.8. The Balaban J connectivity index is 1.49. The molecule has 3 aromatic rings. The fourth-order valence-electron chi connectivity index (χ4n) is 4.22. The zero-order chi connectivity index (χ0) is 27.8. The number of ether oxygens (including phenoxy) is 2. The summed E-state index contributed by atoms with van der Waals surface area (Å²) in [5, 5.41) is 4.48. The fourth-order valence-corrected chi connectivity index (χ4v) is 4.90. The van der Waals surface area contributed by atoms with E-state index in [2.05, 4.69) is 10.1 Å². The van der Waals surface area contributed by atoms with Gasteiger partial charge in [0, 0.05) is 40.7 Å². The molecule has 0 spiro atoms. The molecule has 0 bridgehead atoms. The second kappa shape index (κ2) is 10.9. The number of rotatable bonds is 5. The van der Waals surface area contributed by atoms with E-state index >= 15 is 4.39 Å². The highest BCUT2D eigenvalue weighted by Crippen LogP contribution is 2.37. The number of anilines is 1. The number of likely N-dealkylation sites (tertiary alicyclic amines) is 1. The molecule has 204 valence electrons. The van der Waals surface area contributed by atoms with Crippen molar-refractivity contribution in [3.63, 3.8) is 0 Å². The molecule has 1 saturated heterocycles. The summed E-state index contributed by atoms with van der Waals surface area (Å²) in [6.45, 7) is 7.24. The molecule has 38 heavy (non-hydrogen) atoms. The molecule has 2 aromatic heterocycles. The van der Waals surface area contributed by atoms with E-state index in [1.807, 2.05) is 0 Å². The molecular weight excluding hydrogens is 539 g/mol. The molecule has 1 aromatic carbocycles. The van der Waals surface area contributed by atoms with E-state index in [4.69, 9.17) is 38.4 Å². The van der Waals surface area contributed by atoms with Gasteiger partial charge in [-0.1, -0.05) is 23.2 Å². The van der Waals surface area contributed by atoms with E-state index in [-0.39, 0.29) is 33.7 Å². The summed E-state index contributed by atoms with van der Waals surface area (Å²) in [5.74, 6) is -0.250. The van der Waals surface area contributed by atoms with Crippen LogP contribution in [0.25, 0.3) is 11.1 Å². The molecule has 12 heteroatoms. The van der Waals surface area contributed by atoms with Gasteiger partial charge in [-0.2, -0.15) is 5.10 Å². The van der Waals surface area contributed by atoms with Crippen molar-refractivity contribution in [3.8, 4) is 16.9 Å². The highest BCUT2D eigenvalue weighted by Gasteiger charge is 2.35. The third-order valence-electron chi connectivity index (χ3n) is 6.10. The van der Waals surface area contributed by atoms with Gasteiger partial charge in [0.1, 0.15) is 23.7 Å². The number of aromatic nitrogens is 3. The lowest BCUT2D eigenvalue weighted by atomic mass is 10.0. The zero-order valence-corrected chi connectivity index (χ0v) is 22.9. The van der Waals surface area contributed by atoms with Gasteiger partial charge in [0.15, 0.2) is 11.6 Å². The smallest absolute Gasteiger partial charge is 0.410 e. The Kier molecular flexibility index (Phi) is 8.04. The van der Waals surface area contributed by atoms with Gasteiger partial charge in [0.25, 0.3) is 0 Å². The van der Waals surface area contributed by atoms with Crippen LogP contribution in [0.2, 0.25) is 10.0 Å². The van der Waals surface area contributed by atoms with Crippen LogP contribution in [0.15, 0.2) is 36.8 Å². The second-order valence-corrected chi connectivity index (χ2v) is 10.9. The van der Waals surface area contributed by atoms with Crippen molar-refractivity contribution in [2.75, 3.05) is 18.8 Å². The van der Waals surface area contributed by atoms with Crippen LogP contribution in [0, 0.1) is 5.82 Å². The summed E-state index contributed by atoms with van der Waals surface area (Å²) in [5.41, 5.74) is 6.96. The Labute approximate surface area is 229 Å². The van der Waals surface area contributed by atoms with Crippen LogP contribution < -0.4 is 10.5 Å². The van der Waals surface area contributed by atoms with Gasteiger partial charge in [-0.05, 0) is 52.3 Å². The van der Waals surface area contributed by atoms with Crippen LogP contribution in [0.1, 0.15) is 51.8 Å². The molecule has 1 fully saturated rings. The average Bonchev–Trinajstić information content (AvgIpc) is 3.32. The Bertz CT molecular complexity index is 1330. The fraction of sp³-hybridized carbons (Fsp3) is 0.423. The average molecular weight is 568 g/mol. The number of pyridine rings is 1. The number of amides is 1. The number of hydrogen-bond acceptors (Lipinski definition) is 6. The number of nitrogens with two attached hydrogens (primary N) is 1. The summed E-state index contributed by atoms with van der Waals surface area (Å²) in [4.78, 5) is 17.9. The molecule has 1 aliphatic heterocycles. The number of halogens is 4. The number of nitrogens with zero attached hydrogens (tertiary/aromatic N) is 4. The Morgan fingerprint density at radius 2 is 1.97 bits per heavy atom. The third-order valence-corrected chi connectivity index (χ3v) is 6.82. The normalized spacial score (nSPS) is 18.8. The molecule has 1 aliphatic rings. The summed E-state index contributed by atoms with van der Waals surface area (Å²) in [7, 11) is 0. The van der Waals surface area contributed by atoms with Crippen molar-refractivity contribution >= 4 is 35.1 Å². The van der Waals surface area contributed by atoms with Gasteiger partial charge in [-0.25, -0.2) is 18.6 Å². The molecule has 0 radical (unpaired) electrons. The van der Waals surface area contributed by atoms with E-state index < -0.39 is 35.8 Å². The highest BCUT2D eigenvalue weighted by molar-refractivity contribution is 6.36. The first kappa shape index (κ1) is 27.9. The minimum absolute atomic E-state index is 0.0841. The molecule has 0 aliphatic carbocycles. The van der Waals surface area contributed by atoms with Crippen LogP contribution in [0.3, 0.4) is 0 Å². The topological polar surface area (TPSA) is 95.5 Å². The number of piperidine rings is 1. The van der Waals surface area contributed by atoms with Crippen molar-refractivity contribution in [2.24, 2.45) is 0 Å². The molecule has 2 N–H and O–H groups in total. The van der Waals surface area contributed by atoms with Crippen LogP contribution in [0.4, 0.5) is 19.4 Å². The van der Waals surface area contributed by atoms with Crippen molar-refractivity contribution in [1.29, 1.82) is 0 Å². The van der Waals surface area contributed by atoms with Crippen molar-refractivity contribution in [1.82, 2.24) is 19.7 Å². The van der Waals surface area contributed by atoms with E-state index in [1.54, 1.807) is 57.0 Å². The Morgan fingerprint density at radius 1 is 1.24 bits per heavy atom. The SMILES string of the molecule is CC(Oc1cc(-c2cnn(C3CCN(C(=O)OC(C)(C)C)CC3F)c2)cnc1N)c1c(Cl)ccc(F)c1Cl. The summed E-state index contributed by atoms with van der Waals surface area (Å²) >= 11 is 12.3. The Hall–Kier alpha value is -3.11. The molecule has 4 rings (SSSR count). The lowest BCUT2D eigenvalue weighted by molar-refractivity contribution is 0.00576. The largest absolute Gasteiger partial charge is 0.482 e. The molecule has 3 heterocycles. The summed E-state index contributed by atoms with van der Waals surface area (Å²) in [6, 6.07) is 3.70. The number of alkyl halides is 1. The monoisotopic (exact) mass is 567 g/mol. The van der Waals surface area contributed by atoms with E-state index in [1.165, 1.54) is 17.0 Å². The van der Waals surface area contributed by atoms with Gasteiger partial charge in [-0.15, -0.1) is 0 Å². The molecule has 8 nitrogen and oxygen atoms in total. The maximum Gasteiger partial charge on any atom is 0.410 e. The number of carbonyl (C=O) groups excluding carboxylic acids is 1. The maximum atomic E-state index is 15.1.